The normalized spacial score (nSPS) is 11.9. The lowest BCUT2D eigenvalue weighted by molar-refractivity contribution is -0.121. The van der Waals surface area contributed by atoms with E-state index in [0.29, 0.717) is 6.42 Å². The van der Waals surface area contributed by atoms with Gasteiger partial charge in [0.25, 0.3) is 0 Å². The second-order valence-corrected chi connectivity index (χ2v) is 7.22. The van der Waals surface area contributed by atoms with E-state index in [1.54, 1.807) is 14.0 Å². The van der Waals surface area contributed by atoms with Crippen molar-refractivity contribution in [3.8, 4) is 11.4 Å². The van der Waals surface area contributed by atoms with Crippen LogP contribution in [0.3, 0.4) is 0 Å². The quantitative estimate of drug-likeness (QED) is 0.617. The number of benzene rings is 2. The molecule has 1 atom stereocenters. The Morgan fingerprint density at radius 3 is 2.67 bits per heavy atom. The van der Waals surface area contributed by atoms with Gasteiger partial charge in [0.05, 0.1) is 24.5 Å². The highest BCUT2D eigenvalue weighted by molar-refractivity contribution is 5.76. The zero-order chi connectivity index (χ0) is 21.8. The molecule has 2 aromatic carbocycles. The monoisotopic (exact) mass is 413 g/mol. The van der Waals surface area contributed by atoms with Crippen molar-refractivity contribution in [1.82, 2.24) is 15.1 Å². The largest absolute Gasteiger partial charge is 0.497 e. The van der Waals surface area contributed by atoms with E-state index in [0.717, 1.165) is 34.5 Å². The number of halogens is 2. The molecule has 5 nitrogen and oxygen atoms in total. The standard InChI is InChI=1S/C23H25F2N3O2/c1-14(21-9-8-17(24)12-22(21)25)26-23(29)11-10-20-15(2)27-28(16(20)3)18-6-5-7-19(13-18)30-4/h5-9,12-14H,10-11H2,1-4H3,(H,26,29)/t14-/m0/s1. The first-order valence-corrected chi connectivity index (χ1v) is 9.74. The van der Waals surface area contributed by atoms with Crippen LogP contribution >= 0.6 is 0 Å². The Kier molecular flexibility index (Phi) is 6.50. The molecule has 1 aromatic heterocycles. The average Bonchev–Trinajstić information content (AvgIpc) is 3.00. The Morgan fingerprint density at radius 2 is 1.97 bits per heavy atom. The third-order valence-corrected chi connectivity index (χ3v) is 5.15. The van der Waals surface area contributed by atoms with Crippen LogP contribution in [0.4, 0.5) is 8.78 Å². The molecule has 0 fully saturated rings. The molecule has 0 aliphatic rings. The van der Waals surface area contributed by atoms with Gasteiger partial charge in [-0.05, 0) is 51.0 Å². The van der Waals surface area contributed by atoms with Crippen LogP contribution in [0.1, 0.15) is 41.9 Å². The first-order valence-electron chi connectivity index (χ1n) is 9.74. The Morgan fingerprint density at radius 1 is 1.20 bits per heavy atom. The van der Waals surface area contributed by atoms with E-state index in [4.69, 9.17) is 4.74 Å². The Balaban J connectivity index is 1.68. The molecule has 158 valence electrons. The number of ether oxygens (including phenoxy) is 1. The van der Waals surface area contributed by atoms with Crippen molar-refractivity contribution in [2.45, 2.75) is 39.7 Å². The predicted molar refractivity (Wildman–Crippen MR) is 111 cm³/mol. The van der Waals surface area contributed by atoms with E-state index in [1.807, 2.05) is 42.8 Å². The first-order chi connectivity index (χ1) is 14.3. The number of rotatable bonds is 7. The number of methoxy groups -OCH3 is 1. The summed E-state index contributed by atoms with van der Waals surface area (Å²) in [4.78, 5) is 12.4. The van der Waals surface area contributed by atoms with Crippen molar-refractivity contribution in [2.75, 3.05) is 7.11 Å². The van der Waals surface area contributed by atoms with Crippen molar-refractivity contribution in [3.63, 3.8) is 0 Å². The van der Waals surface area contributed by atoms with Gasteiger partial charge in [-0.2, -0.15) is 5.10 Å². The molecule has 7 heteroatoms. The molecule has 0 bridgehead atoms. The smallest absolute Gasteiger partial charge is 0.220 e. The van der Waals surface area contributed by atoms with E-state index in [2.05, 4.69) is 10.4 Å². The maximum atomic E-state index is 13.9. The van der Waals surface area contributed by atoms with E-state index >= 15 is 0 Å². The van der Waals surface area contributed by atoms with Crippen LogP contribution in [0.5, 0.6) is 5.75 Å². The van der Waals surface area contributed by atoms with Gasteiger partial charge >= 0.3 is 0 Å². The fourth-order valence-corrected chi connectivity index (χ4v) is 3.51. The number of carbonyl (C=O) groups is 1. The molecule has 3 rings (SSSR count). The summed E-state index contributed by atoms with van der Waals surface area (Å²) in [7, 11) is 1.61. The van der Waals surface area contributed by atoms with Crippen LogP contribution in [-0.4, -0.2) is 22.8 Å². The van der Waals surface area contributed by atoms with Gasteiger partial charge in [-0.25, -0.2) is 13.5 Å². The van der Waals surface area contributed by atoms with Gasteiger partial charge < -0.3 is 10.1 Å². The molecule has 0 unspecified atom stereocenters. The molecule has 0 radical (unpaired) electrons. The number of aromatic nitrogens is 2. The summed E-state index contributed by atoms with van der Waals surface area (Å²) in [5.41, 5.74) is 3.93. The Hall–Kier alpha value is -3.22. The molecule has 0 spiro atoms. The van der Waals surface area contributed by atoms with Crippen LogP contribution < -0.4 is 10.1 Å². The topological polar surface area (TPSA) is 56.2 Å². The molecule has 0 saturated heterocycles. The maximum absolute atomic E-state index is 13.9. The van der Waals surface area contributed by atoms with E-state index in [1.165, 1.54) is 12.1 Å². The molecule has 0 saturated carbocycles. The average molecular weight is 413 g/mol. The summed E-state index contributed by atoms with van der Waals surface area (Å²) in [5.74, 6) is -0.787. The summed E-state index contributed by atoms with van der Waals surface area (Å²) in [6.07, 6.45) is 0.741. The third kappa shape index (κ3) is 4.67. The molecule has 3 aromatic rings. The summed E-state index contributed by atoms with van der Waals surface area (Å²) in [5, 5.41) is 7.38. The number of nitrogens with zero attached hydrogens (tertiary/aromatic N) is 2. The zero-order valence-electron chi connectivity index (χ0n) is 17.5. The highest BCUT2D eigenvalue weighted by Gasteiger charge is 2.17. The fourth-order valence-electron chi connectivity index (χ4n) is 3.51. The van der Waals surface area contributed by atoms with E-state index in [-0.39, 0.29) is 17.9 Å². The number of hydrogen-bond donors (Lipinski definition) is 1. The van der Waals surface area contributed by atoms with E-state index < -0.39 is 17.7 Å². The second-order valence-electron chi connectivity index (χ2n) is 7.22. The van der Waals surface area contributed by atoms with Gasteiger partial charge in [-0.1, -0.05) is 12.1 Å². The minimum Gasteiger partial charge on any atom is -0.497 e. The van der Waals surface area contributed by atoms with Gasteiger partial charge in [-0.3, -0.25) is 4.79 Å². The number of hydrogen-bond acceptors (Lipinski definition) is 3. The highest BCUT2D eigenvalue weighted by atomic mass is 19.1. The van der Waals surface area contributed by atoms with Crippen LogP contribution in [0, 0.1) is 25.5 Å². The molecule has 0 aliphatic heterocycles. The molecule has 1 amide bonds. The minimum absolute atomic E-state index is 0.209. The van der Waals surface area contributed by atoms with Gasteiger partial charge in [0.1, 0.15) is 17.4 Å². The number of amides is 1. The lowest BCUT2D eigenvalue weighted by Crippen LogP contribution is -2.27. The summed E-state index contributed by atoms with van der Waals surface area (Å²) < 4.78 is 34.1. The minimum atomic E-state index is -0.672. The molecule has 1 N–H and O–H groups in total. The zero-order valence-corrected chi connectivity index (χ0v) is 17.5. The van der Waals surface area contributed by atoms with Gasteiger partial charge in [0.15, 0.2) is 0 Å². The lowest BCUT2D eigenvalue weighted by atomic mass is 10.1. The number of aryl methyl sites for hydroxylation is 1. The summed E-state index contributed by atoms with van der Waals surface area (Å²) in [6, 6.07) is 10.4. The van der Waals surface area contributed by atoms with Gasteiger partial charge in [0.2, 0.25) is 5.91 Å². The fraction of sp³-hybridized carbons (Fsp3) is 0.304. The van der Waals surface area contributed by atoms with Crippen molar-refractivity contribution >= 4 is 5.91 Å². The number of nitrogens with one attached hydrogen (secondary N) is 1. The van der Waals surface area contributed by atoms with Crippen molar-refractivity contribution in [2.24, 2.45) is 0 Å². The van der Waals surface area contributed by atoms with Crippen molar-refractivity contribution < 1.29 is 18.3 Å². The summed E-state index contributed by atoms with van der Waals surface area (Å²) in [6.45, 7) is 5.54. The Bertz CT molecular complexity index is 1060. The molecular formula is C23H25F2N3O2. The van der Waals surface area contributed by atoms with Crippen LogP contribution in [-0.2, 0) is 11.2 Å². The van der Waals surface area contributed by atoms with Crippen molar-refractivity contribution in [1.29, 1.82) is 0 Å². The Labute approximate surface area is 174 Å². The SMILES string of the molecule is COc1cccc(-n2nc(C)c(CCC(=O)N[C@@H](C)c3ccc(F)cc3F)c2C)c1. The molecule has 30 heavy (non-hydrogen) atoms. The molecular weight excluding hydrogens is 388 g/mol. The number of carbonyl (C=O) groups excluding carboxylic acids is 1. The maximum Gasteiger partial charge on any atom is 0.220 e. The van der Waals surface area contributed by atoms with Gasteiger partial charge in [-0.15, -0.1) is 0 Å². The van der Waals surface area contributed by atoms with Crippen LogP contribution in [0.15, 0.2) is 42.5 Å². The van der Waals surface area contributed by atoms with Crippen LogP contribution in [0.2, 0.25) is 0 Å². The van der Waals surface area contributed by atoms with Crippen molar-refractivity contribution in [3.05, 3.63) is 76.6 Å². The predicted octanol–water partition coefficient (Wildman–Crippen LogP) is 4.59. The van der Waals surface area contributed by atoms with Crippen LogP contribution in [0.25, 0.3) is 5.69 Å². The highest BCUT2D eigenvalue weighted by Crippen LogP contribution is 2.23. The summed E-state index contributed by atoms with van der Waals surface area (Å²) >= 11 is 0. The third-order valence-electron chi connectivity index (χ3n) is 5.15. The van der Waals surface area contributed by atoms with E-state index in [9.17, 15) is 13.6 Å². The molecule has 0 aliphatic carbocycles. The lowest BCUT2D eigenvalue weighted by Gasteiger charge is -2.15. The first kappa shape index (κ1) is 21.5. The molecule has 1 heterocycles. The second kappa shape index (κ2) is 9.07. The van der Waals surface area contributed by atoms with Gasteiger partial charge in [0, 0.05) is 29.8 Å².